The molecule has 0 aliphatic carbocycles. The smallest absolute Gasteiger partial charge is 0.337 e. The van der Waals surface area contributed by atoms with E-state index in [1.165, 1.54) is 7.11 Å². The molecule has 0 fully saturated rings. The number of esters is 1. The number of ether oxygens (including phenoxy) is 2. The molecule has 138 valence electrons. The number of carbonyl (C=O) groups excluding carboxylic acids is 2. The van der Waals surface area contributed by atoms with Gasteiger partial charge >= 0.3 is 5.97 Å². The maximum absolute atomic E-state index is 12.3. The number of nitrogens with one attached hydrogen (secondary N) is 1. The number of carbonyl (C=O) groups is 2. The molecule has 1 heterocycles. The minimum Gasteiger partial charge on any atom is -0.478 e. The summed E-state index contributed by atoms with van der Waals surface area (Å²) >= 11 is 0. The van der Waals surface area contributed by atoms with Gasteiger partial charge in [-0.3, -0.25) is 4.79 Å². The van der Waals surface area contributed by atoms with Gasteiger partial charge in [-0.05, 0) is 36.3 Å². The third-order valence-electron chi connectivity index (χ3n) is 4.87. The van der Waals surface area contributed by atoms with Gasteiger partial charge in [0.2, 0.25) is 0 Å². The Labute approximate surface area is 150 Å². The van der Waals surface area contributed by atoms with Crippen molar-refractivity contribution in [1.29, 1.82) is 0 Å². The first-order valence-corrected chi connectivity index (χ1v) is 11.3. The summed E-state index contributed by atoms with van der Waals surface area (Å²) in [5.41, 5.74) is 0.847. The Bertz CT molecular complexity index is 666. The van der Waals surface area contributed by atoms with Crippen molar-refractivity contribution in [1.82, 2.24) is 0 Å². The maximum Gasteiger partial charge on any atom is 0.337 e. The van der Waals surface area contributed by atoms with Crippen LogP contribution in [0, 0.1) is 0 Å². The molecule has 2 rings (SSSR count). The Hall–Kier alpha value is -1.86. The van der Waals surface area contributed by atoms with E-state index < -0.39 is 20.4 Å². The van der Waals surface area contributed by atoms with Crippen LogP contribution in [0.25, 0.3) is 0 Å². The Morgan fingerprint density at radius 1 is 1.32 bits per heavy atom. The molecule has 0 spiro atoms. The van der Waals surface area contributed by atoms with Crippen molar-refractivity contribution in [3.05, 3.63) is 23.8 Å². The zero-order chi connectivity index (χ0) is 18.8. The number of methoxy groups -OCH3 is 1. The molecule has 1 atom stereocenters. The molecule has 0 saturated carbocycles. The van der Waals surface area contributed by atoms with Gasteiger partial charge in [0.1, 0.15) is 5.75 Å². The van der Waals surface area contributed by atoms with E-state index in [1.807, 2.05) is 0 Å². The first-order chi connectivity index (χ1) is 11.5. The molecule has 6 nitrogen and oxygen atoms in total. The van der Waals surface area contributed by atoms with Crippen molar-refractivity contribution < 1.29 is 23.5 Å². The van der Waals surface area contributed by atoms with Gasteiger partial charge in [-0.25, -0.2) is 4.79 Å². The fourth-order valence-corrected chi connectivity index (χ4v) is 3.28. The van der Waals surface area contributed by atoms with E-state index in [-0.39, 0.29) is 10.9 Å². The summed E-state index contributed by atoms with van der Waals surface area (Å²) in [7, 11) is -0.531. The highest BCUT2D eigenvalue weighted by molar-refractivity contribution is 6.74. The van der Waals surface area contributed by atoms with Crippen LogP contribution in [0.15, 0.2) is 18.2 Å². The molecule has 1 aliphatic heterocycles. The molecule has 0 unspecified atom stereocenters. The molecular formula is C18H27NO5Si. The van der Waals surface area contributed by atoms with Gasteiger partial charge in [0.25, 0.3) is 5.91 Å². The van der Waals surface area contributed by atoms with Crippen molar-refractivity contribution in [3.63, 3.8) is 0 Å². The first kappa shape index (κ1) is 19.5. The van der Waals surface area contributed by atoms with Crippen molar-refractivity contribution in [2.45, 2.75) is 51.4 Å². The second-order valence-electron chi connectivity index (χ2n) is 7.70. The molecule has 25 heavy (non-hydrogen) atoms. The number of anilines is 1. The Morgan fingerprint density at radius 3 is 2.60 bits per heavy atom. The van der Waals surface area contributed by atoms with Crippen LogP contribution in [0.1, 0.15) is 37.6 Å². The van der Waals surface area contributed by atoms with Crippen molar-refractivity contribution in [2.75, 3.05) is 19.0 Å². The summed E-state index contributed by atoms with van der Waals surface area (Å²) in [4.78, 5) is 23.8. The maximum atomic E-state index is 12.3. The Balaban J connectivity index is 2.00. The minimum absolute atomic E-state index is 0.125. The Morgan fingerprint density at radius 2 is 2.00 bits per heavy atom. The van der Waals surface area contributed by atoms with Gasteiger partial charge in [0.15, 0.2) is 14.4 Å². The summed E-state index contributed by atoms with van der Waals surface area (Å²) in [6.45, 7) is 11.4. The fraction of sp³-hybridized carbons (Fsp3) is 0.556. The number of benzene rings is 1. The lowest BCUT2D eigenvalue weighted by Crippen LogP contribution is -2.43. The number of hydrogen-bond donors (Lipinski definition) is 1. The molecule has 1 aliphatic rings. The van der Waals surface area contributed by atoms with Crippen LogP contribution in [0.4, 0.5) is 5.69 Å². The molecule has 0 bridgehead atoms. The number of amides is 1. The molecule has 0 aromatic heterocycles. The van der Waals surface area contributed by atoms with Crippen LogP contribution < -0.4 is 10.1 Å². The van der Waals surface area contributed by atoms with Gasteiger partial charge in [-0.1, -0.05) is 20.8 Å². The summed E-state index contributed by atoms with van der Waals surface area (Å²) in [5, 5.41) is 2.92. The highest BCUT2D eigenvalue weighted by Gasteiger charge is 2.37. The average Bonchev–Trinajstić information content (AvgIpc) is 2.52. The van der Waals surface area contributed by atoms with Crippen molar-refractivity contribution in [2.24, 2.45) is 0 Å². The predicted molar refractivity (Wildman–Crippen MR) is 98.6 cm³/mol. The zero-order valence-corrected chi connectivity index (χ0v) is 16.8. The van der Waals surface area contributed by atoms with Crippen LogP contribution in [-0.2, 0) is 14.0 Å². The standard InChI is InChI=1S/C18H27NO5Si/c1-18(2,3)25(5,6)23-10-9-15-16(20)19-13-11-12(17(21)22-4)7-8-14(13)24-15/h7-8,11,15H,9-10H2,1-6H3,(H,19,20)/t15-/m0/s1. The van der Waals surface area contributed by atoms with Crippen LogP contribution in [0.5, 0.6) is 5.75 Å². The largest absolute Gasteiger partial charge is 0.478 e. The van der Waals surface area contributed by atoms with Gasteiger partial charge in [-0.2, -0.15) is 0 Å². The molecule has 1 amide bonds. The van der Waals surface area contributed by atoms with E-state index >= 15 is 0 Å². The minimum atomic E-state index is -1.85. The second-order valence-corrected chi connectivity index (χ2v) is 12.5. The lowest BCUT2D eigenvalue weighted by Gasteiger charge is -2.36. The average molecular weight is 366 g/mol. The lowest BCUT2D eigenvalue weighted by atomic mass is 10.1. The summed E-state index contributed by atoms with van der Waals surface area (Å²) < 4.78 is 16.6. The van der Waals surface area contributed by atoms with Crippen LogP contribution >= 0.6 is 0 Å². The van der Waals surface area contributed by atoms with Gasteiger partial charge in [-0.15, -0.1) is 0 Å². The molecule has 0 radical (unpaired) electrons. The Kier molecular flexibility index (Phi) is 5.58. The van der Waals surface area contributed by atoms with Crippen LogP contribution in [-0.4, -0.2) is 40.0 Å². The third kappa shape index (κ3) is 4.41. The molecule has 7 heteroatoms. The zero-order valence-electron chi connectivity index (χ0n) is 15.8. The molecular weight excluding hydrogens is 338 g/mol. The van der Waals surface area contributed by atoms with E-state index in [9.17, 15) is 9.59 Å². The molecule has 1 N–H and O–H groups in total. The van der Waals surface area contributed by atoms with Crippen molar-refractivity contribution >= 4 is 25.9 Å². The first-order valence-electron chi connectivity index (χ1n) is 8.39. The third-order valence-corrected chi connectivity index (χ3v) is 9.41. The number of fused-ring (bicyclic) bond motifs is 1. The van der Waals surface area contributed by atoms with Crippen molar-refractivity contribution in [3.8, 4) is 5.75 Å². The van der Waals surface area contributed by atoms with E-state index in [2.05, 4.69) is 43.9 Å². The summed E-state index contributed by atoms with van der Waals surface area (Å²) in [6, 6.07) is 4.84. The number of hydrogen-bond acceptors (Lipinski definition) is 5. The monoisotopic (exact) mass is 365 g/mol. The highest BCUT2D eigenvalue weighted by Crippen LogP contribution is 2.37. The molecule has 0 saturated heterocycles. The van der Waals surface area contributed by atoms with E-state index in [0.29, 0.717) is 30.0 Å². The van der Waals surface area contributed by atoms with E-state index in [0.717, 1.165) is 0 Å². The number of rotatable bonds is 5. The SMILES string of the molecule is COC(=O)c1ccc2c(c1)NC(=O)[C@H](CCO[Si](C)(C)C(C)(C)C)O2. The van der Waals surface area contributed by atoms with Crippen LogP contribution in [0.3, 0.4) is 0 Å². The van der Waals surface area contributed by atoms with E-state index in [1.54, 1.807) is 18.2 Å². The van der Waals surface area contributed by atoms with E-state index in [4.69, 9.17) is 9.16 Å². The lowest BCUT2D eigenvalue weighted by molar-refractivity contribution is -0.124. The topological polar surface area (TPSA) is 73.9 Å². The summed E-state index contributed by atoms with van der Waals surface area (Å²) in [6.07, 6.45) is -0.113. The predicted octanol–water partition coefficient (Wildman–Crippen LogP) is 3.58. The summed E-state index contributed by atoms with van der Waals surface area (Å²) in [5.74, 6) is -0.139. The quantitative estimate of drug-likeness (QED) is 0.638. The highest BCUT2D eigenvalue weighted by atomic mass is 28.4. The molecule has 1 aromatic carbocycles. The van der Waals surface area contributed by atoms with Gasteiger partial charge < -0.3 is 19.2 Å². The van der Waals surface area contributed by atoms with Gasteiger partial charge in [0.05, 0.1) is 18.4 Å². The fourth-order valence-electron chi connectivity index (χ4n) is 2.22. The van der Waals surface area contributed by atoms with Crippen LogP contribution in [0.2, 0.25) is 18.1 Å². The normalized spacial score (nSPS) is 17.4. The molecule has 1 aromatic rings. The van der Waals surface area contributed by atoms with Gasteiger partial charge in [0, 0.05) is 13.0 Å². The second kappa shape index (κ2) is 7.17.